The second-order valence-electron chi connectivity index (χ2n) is 8.51. The maximum atomic E-state index is 12.4. The fraction of sp³-hybridized carbons (Fsp3) is 0.636. The molecule has 2 N–H and O–H groups in total. The molecule has 2 atom stereocenters. The summed E-state index contributed by atoms with van der Waals surface area (Å²) in [4.78, 5) is 26.5. The Labute approximate surface area is 174 Å². The first kappa shape index (κ1) is 21.1. The van der Waals surface area contributed by atoms with Gasteiger partial charge in [0.15, 0.2) is 0 Å². The van der Waals surface area contributed by atoms with Crippen molar-refractivity contribution in [3.05, 3.63) is 29.8 Å². The van der Waals surface area contributed by atoms with Crippen LogP contribution in [0.3, 0.4) is 0 Å². The monoisotopic (exact) mass is 405 g/mol. The van der Waals surface area contributed by atoms with E-state index in [2.05, 4.69) is 10.6 Å². The molecule has 0 radical (unpaired) electrons. The summed E-state index contributed by atoms with van der Waals surface area (Å²) in [7, 11) is 0. The molecule has 28 heavy (non-hydrogen) atoms. The highest BCUT2D eigenvalue weighted by molar-refractivity contribution is 5.90. The Balaban J connectivity index is 0.00000225. The van der Waals surface area contributed by atoms with Crippen molar-refractivity contribution in [2.24, 2.45) is 5.92 Å². The van der Waals surface area contributed by atoms with Crippen LogP contribution in [0.2, 0.25) is 0 Å². The van der Waals surface area contributed by atoms with Gasteiger partial charge in [-0.15, -0.1) is 12.4 Å². The van der Waals surface area contributed by atoms with Crippen LogP contribution in [0.4, 0.5) is 5.69 Å². The number of benzene rings is 1. The largest absolute Gasteiger partial charge is 0.343 e. The molecule has 0 aromatic heterocycles. The quantitative estimate of drug-likeness (QED) is 0.761. The smallest absolute Gasteiger partial charge is 0.224 e. The van der Waals surface area contributed by atoms with Crippen LogP contribution in [-0.4, -0.2) is 41.9 Å². The van der Waals surface area contributed by atoms with E-state index in [1.165, 1.54) is 12.8 Å². The minimum absolute atomic E-state index is 0. The Morgan fingerprint density at radius 3 is 2.32 bits per heavy atom. The fourth-order valence-electron chi connectivity index (χ4n) is 4.95. The summed E-state index contributed by atoms with van der Waals surface area (Å²) in [5.41, 5.74) is 2.00. The van der Waals surface area contributed by atoms with Gasteiger partial charge in [-0.2, -0.15) is 0 Å². The van der Waals surface area contributed by atoms with Gasteiger partial charge in [-0.25, -0.2) is 0 Å². The highest BCUT2D eigenvalue weighted by atomic mass is 35.5. The molecular weight excluding hydrogens is 374 g/mol. The van der Waals surface area contributed by atoms with Crippen molar-refractivity contribution >= 4 is 29.9 Å². The molecule has 3 aliphatic heterocycles. The van der Waals surface area contributed by atoms with Crippen LogP contribution >= 0.6 is 12.4 Å². The molecule has 0 spiro atoms. The summed E-state index contributed by atoms with van der Waals surface area (Å²) in [5.74, 6) is 0.902. The number of fused-ring (bicyclic) bond motifs is 2. The molecule has 2 amide bonds. The first-order valence-corrected chi connectivity index (χ1v) is 10.6. The molecule has 2 unspecified atom stereocenters. The van der Waals surface area contributed by atoms with E-state index < -0.39 is 0 Å². The topological polar surface area (TPSA) is 61.4 Å². The maximum Gasteiger partial charge on any atom is 0.224 e. The number of likely N-dealkylation sites (tertiary alicyclic amines) is 1. The van der Waals surface area contributed by atoms with Crippen molar-refractivity contribution in [1.82, 2.24) is 10.2 Å². The van der Waals surface area contributed by atoms with Crippen molar-refractivity contribution in [3.63, 3.8) is 0 Å². The zero-order valence-electron chi connectivity index (χ0n) is 16.5. The lowest BCUT2D eigenvalue weighted by Gasteiger charge is -2.28. The first-order valence-electron chi connectivity index (χ1n) is 10.6. The van der Waals surface area contributed by atoms with E-state index in [0.717, 1.165) is 56.4 Å². The fourth-order valence-corrected chi connectivity index (χ4v) is 4.95. The zero-order valence-corrected chi connectivity index (χ0v) is 17.3. The number of carbonyl (C=O) groups excluding carboxylic acids is 2. The van der Waals surface area contributed by atoms with Gasteiger partial charge < -0.3 is 15.5 Å². The van der Waals surface area contributed by atoms with E-state index in [1.54, 1.807) is 0 Å². The number of amides is 2. The molecule has 0 aliphatic carbocycles. The van der Waals surface area contributed by atoms with E-state index >= 15 is 0 Å². The number of piperidine rings is 1. The molecule has 3 fully saturated rings. The standard InChI is InChI=1S/C22H31N3O2.ClH/c26-21(15-17-13-19-8-9-20(14-17)23-19)24-18-6-3-16(4-7-18)5-10-22(27)25-11-1-2-12-25;/h3-4,6-7,17,19-20,23H,1-2,5,8-15H2,(H,24,26);1H. The molecule has 3 aliphatic rings. The average Bonchev–Trinajstić information content (AvgIpc) is 3.31. The third kappa shape index (κ3) is 5.48. The van der Waals surface area contributed by atoms with Gasteiger partial charge in [0, 0.05) is 43.7 Å². The third-order valence-corrected chi connectivity index (χ3v) is 6.37. The van der Waals surface area contributed by atoms with Gasteiger partial charge in [-0.05, 0) is 68.6 Å². The number of carbonyl (C=O) groups is 2. The predicted molar refractivity (Wildman–Crippen MR) is 114 cm³/mol. The second-order valence-corrected chi connectivity index (χ2v) is 8.51. The molecule has 3 saturated heterocycles. The van der Waals surface area contributed by atoms with Crippen LogP contribution < -0.4 is 10.6 Å². The molecule has 3 heterocycles. The van der Waals surface area contributed by atoms with E-state index in [-0.39, 0.29) is 24.2 Å². The summed E-state index contributed by atoms with van der Waals surface area (Å²) in [6, 6.07) is 9.22. The van der Waals surface area contributed by atoms with Crippen molar-refractivity contribution in [2.45, 2.75) is 69.9 Å². The SMILES string of the molecule is Cl.O=C(CC1CC2CCC(C1)N2)Nc1ccc(CCC(=O)N2CCCC2)cc1. The lowest BCUT2D eigenvalue weighted by atomic mass is 9.89. The molecular formula is C22H32ClN3O2. The summed E-state index contributed by atoms with van der Waals surface area (Å²) >= 11 is 0. The highest BCUT2D eigenvalue weighted by Crippen LogP contribution is 2.32. The van der Waals surface area contributed by atoms with E-state index in [0.29, 0.717) is 30.8 Å². The Hall–Kier alpha value is -1.59. The van der Waals surface area contributed by atoms with Crippen LogP contribution in [0.1, 0.15) is 56.9 Å². The number of aryl methyl sites for hydroxylation is 1. The zero-order chi connectivity index (χ0) is 18.6. The summed E-state index contributed by atoms with van der Waals surface area (Å²) in [6.07, 6.45) is 9.04. The van der Waals surface area contributed by atoms with Crippen molar-refractivity contribution in [3.8, 4) is 0 Å². The highest BCUT2D eigenvalue weighted by Gasteiger charge is 2.34. The minimum atomic E-state index is 0. The lowest BCUT2D eigenvalue weighted by Crippen LogP contribution is -2.39. The van der Waals surface area contributed by atoms with Crippen LogP contribution in [0, 0.1) is 5.92 Å². The van der Waals surface area contributed by atoms with Gasteiger partial charge in [0.05, 0.1) is 0 Å². The molecule has 0 saturated carbocycles. The summed E-state index contributed by atoms with van der Waals surface area (Å²) in [6.45, 7) is 1.84. The predicted octanol–water partition coefficient (Wildman–Crippen LogP) is 3.52. The summed E-state index contributed by atoms with van der Waals surface area (Å²) < 4.78 is 0. The maximum absolute atomic E-state index is 12.4. The van der Waals surface area contributed by atoms with Crippen LogP contribution in [0.25, 0.3) is 0 Å². The molecule has 4 rings (SSSR count). The van der Waals surface area contributed by atoms with Crippen molar-refractivity contribution in [1.29, 1.82) is 0 Å². The number of hydrogen-bond donors (Lipinski definition) is 2. The van der Waals surface area contributed by atoms with E-state index in [9.17, 15) is 9.59 Å². The van der Waals surface area contributed by atoms with Gasteiger partial charge in [0.2, 0.25) is 11.8 Å². The van der Waals surface area contributed by atoms with Gasteiger partial charge in [-0.1, -0.05) is 12.1 Å². The Morgan fingerprint density at radius 1 is 1.04 bits per heavy atom. The van der Waals surface area contributed by atoms with Crippen LogP contribution in [-0.2, 0) is 16.0 Å². The third-order valence-electron chi connectivity index (χ3n) is 6.37. The number of nitrogens with one attached hydrogen (secondary N) is 2. The Morgan fingerprint density at radius 2 is 1.68 bits per heavy atom. The molecule has 5 nitrogen and oxygen atoms in total. The normalized spacial score (nSPS) is 26.0. The lowest BCUT2D eigenvalue weighted by molar-refractivity contribution is -0.130. The summed E-state index contributed by atoms with van der Waals surface area (Å²) in [5, 5.41) is 6.67. The van der Waals surface area contributed by atoms with Gasteiger partial charge >= 0.3 is 0 Å². The number of hydrogen-bond acceptors (Lipinski definition) is 3. The Bertz CT molecular complexity index is 661. The van der Waals surface area contributed by atoms with Crippen LogP contribution in [0.5, 0.6) is 0 Å². The number of rotatable bonds is 6. The number of halogens is 1. The van der Waals surface area contributed by atoms with E-state index in [1.807, 2.05) is 29.2 Å². The Kier molecular flexibility index (Phi) is 7.36. The van der Waals surface area contributed by atoms with Crippen molar-refractivity contribution < 1.29 is 9.59 Å². The molecule has 2 bridgehead atoms. The van der Waals surface area contributed by atoms with E-state index in [4.69, 9.17) is 0 Å². The van der Waals surface area contributed by atoms with Crippen molar-refractivity contribution in [2.75, 3.05) is 18.4 Å². The number of nitrogens with zero attached hydrogens (tertiary/aromatic N) is 1. The van der Waals surface area contributed by atoms with Gasteiger partial charge in [-0.3, -0.25) is 9.59 Å². The number of anilines is 1. The van der Waals surface area contributed by atoms with Gasteiger partial charge in [0.1, 0.15) is 0 Å². The average molecular weight is 406 g/mol. The van der Waals surface area contributed by atoms with Gasteiger partial charge in [0.25, 0.3) is 0 Å². The first-order chi connectivity index (χ1) is 13.2. The minimum Gasteiger partial charge on any atom is -0.343 e. The molecule has 6 heteroatoms. The molecule has 154 valence electrons. The second kappa shape index (κ2) is 9.75. The molecule has 1 aromatic rings. The van der Waals surface area contributed by atoms with Crippen LogP contribution in [0.15, 0.2) is 24.3 Å². The molecule has 1 aromatic carbocycles.